The van der Waals surface area contributed by atoms with Gasteiger partial charge in [-0.1, -0.05) is 0 Å². The highest BCUT2D eigenvalue weighted by Crippen LogP contribution is 1.84. The molecule has 0 radical (unpaired) electrons. The van der Waals surface area contributed by atoms with Gasteiger partial charge in [0.1, 0.15) is 0 Å². The molecule has 1 amide bonds. The van der Waals surface area contributed by atoms with Gasteiger partial charge in [0.25, 0.3) is 0 Å². The van der Waals surface area contributed by atoms with Gasteiger partial charge in [-0.15, -0.1) is 0 Å². The molecule has 0 atom stereocenters. The Bertz CT molecular complexity index is 183. The van der Waals surface area contributed by atoms with Gasteiger partial charge >= 0.3 is 5.97 Å². The van der Waals surface area contributed by atoms with Crippen molar-refractivity contribution in [3.63, 3.8) is 0 Å². The first-order valence-electron chi connectivity index (χ1n) is 4.34. The summed E-state index contributed by atoms with van der Waals surface area (Å²) in [6.45, 7) is 0.511. The highest BCUT2D eigenvalue weighted by Gasteiger charge is 2.01. The average Bonchev–Trinajstić information content (AvgIpc) is 2.12. The lowest BCUT2D eigenvalue weighted by Gasteiger charge is -2.03. The third kappa shape index (κ3) is 8.95. The summed E-state index contributed by atoms with van der Waals surface area (Å²) in [6.07, 6.45) is 0.100. The molecule has 0 heterocycles. The number of ether oxygens (including phenoxy) is 1. The van der Waals surface area contributed by atoms with E-state index in [0.29, 0.717) is 0 Å². The van der Waals surface area contributed by atoms with Crippen LogP contribution in [-0.4, -0.2) is 48.5 Å². The second-order valence-electron chi connectivity index (χ2n) is 2.58. The molecular weight excluding hydrogens is 190 g/mol. The quantitative estimate of drug-likeness (QED) is 0.441. The molecule has 3 N–H and O–H groups in total. The van der Waals surface area contributed by atoms with E-state index in [-0.39, 0.29) is 45.1 Å². The van der Waals surface area contributed by atoms with Gasteiger partial charge in [0.05, 0.1) is 26.2 Å². The Morgan fingerprint density at radius 3 is 2.50 bits per heavy atom. The number of carbonyl (C=O) groups is 2. The third-order valence-electron chi connectivity index (χ3n) is 1.37. The summed E-state index contributed by atoms with van der Waals surface area (Å²) in [7, 11) is 0. The van der Waals surface area contributed by atoms with Gasteiger partial charge in [0.2, 0.25) is 5.91 Å². The molecule has 0 saturated heterocycles. The van der Waals surface area contributed by atoms with Gasteiger partial charge in [-0.25, -0.2) is 0 Å². The lowest BCUT2D eigenvalue weighted by atomic mass is 10.4. The molecule has 0 aliphatic carbocycles. The summed E-state index contributed by atoms with van der Waals surface area (Å²) < 4.78 is 4.85. The van der Waals surface area contributed by atoms with E-state index >= 15 is 0 Å². The standard InChI is InChI=1S/C8H15NO5/c10-4-6-14-5-2-7(11)9-3-1-8(12)13/h10H,1-6H2,(H,9,11)(H,12,13). The maximum Gasteiger partial charge on any atom is 0.305 e. The molecule has 0 aromatic rings. The number of carboxylic acid groups (broad SMARTS) is 1. The van der Waals surface area contributed by atoms with Crippen molar-refractivity contribution in [2.75, 3.05) is 26.4 Å². The number of aliphatic hydroxyl groups excluding tert-OH is 1. The molecule has 0 bridgehead atoms. The fraction of sp³-hybridized carbons (Fsp3) is 0.750. The van der Waals surface area contributed by atoms with Crippen molar-refractivity contribution in [2.45, 2.75) is 12.8 Å². The minimum atomic E-state index is -0.943. The molecule has 0 unspecified atom stereocenters. The summed E-state index contributed by atoms with van der Waals surface area (Å²) in [6, 6.07) is 0. The number of amides is 1. The van der Waals surface area contributed by atoms with Crippen molar-refractivity contribution in [1.82, 2.24) is 5.32 Å². The number of nitrogens with one attached hydrogen (secondary N) is 1. The molecule has 0 aromatic heterocycles. The van der Waals surface area contributed by atoms with Gasteiger partial charge in [0.15, 0.2) is 0 Å². The average molecular weight is 205 g/mol. The normalized spacial score (nSPS) is 9.79. The SMILES string of the molecule is O=C(O)CCNC(=O)CCOCCO. The zero-order chi connectivity index (χ0) is 10.8. The lowest BCUT2D eigenvalue weighted by Crippen LogP contribution is -2.26. The molecule has 0 aromatic carbocycles. The van der Waals surface area contributed by atoms with Gasteiger partial charge < -0.3 is 20.3 Å². The first-order valence-corrected chi connectivity index (χ1v) is 4.34. The monoisotopic (exact) mass is 205 g/mol. The van der Waals surface area contributed by atoms with Crippen molar-refractivity contribution in [3.05, 3.63) is 0 Å². The van der Waals surface area contributed by atoms with E-state index < -0.39 is 5.97 Å². The van der Waals surface area contributed by atoms with Crippen LogP contribution in [0.4, 0.5) is 0 Å². The first-order chi connectivity index (χ1) is 6.66. The molecule has 0 saturated carbocycles. The zero-order valence-electron chi connectivity index (χ0n) is 7.86. The predicted octanol–water partition coefficient (Wildman–Crippen LogP) is -1.02. The Morgan fingerprint density at radius 2 is 1.93 bits per heavy atom. The fourth-order valence-electron chi connectivity index (χ4n) is 0.729. The third-order valence-corrected chi connectivity index (χ3v) is 1.37. The molecular formula is C8H15NO5. The van der Waals surface area contributed by atoms with Crippen LogP contribution in [0, 0.1) is 0 Å². The van der Waals surface area contributed by atoms with Gasteiger partial charge in [-0.05, 0) is 0 Å². The number of rotatable bonds is 8. The minimum absolute atomic E-state index is 0.0688. The minimum Gasteiger partial charge on any atom is -0.481 e. The van der Waals surface area contributed by atoms with Crippen LogP contribution in [0.1, 0.15) is 12.8 Å². The van der Waals surface area contributed by atoms with Crippen molar-refractivity contribution >= 4 is 11.9 Å². The Hall–Kier alpha value is -1.14. The van der Waals surface area contributed by atoms with E-state index in [9.17, 15) is 9.59 Å². The maximum absolute atomic E-state index is 10.9. The molecule has 14 heavy (non-hydrogen) atoms. The Morgan fingerprint density at radius 1 is 1.21 bits per heavy atom. The molecule has 0 aliphatic heterocycles. The number of aliphatic hydroxyl groups is 1. The molecule has 6 nitrogen and oxygen atoms in total. The van der Waals surface area contributed by atoms with Crippen LogP contribution < -0.4 is 5.32 Å². The van der Waals surface area contributed by atoms with Crippen LogP contribution in [0.5, 0.6) is 0 Å². The zero-order valence-corrected chi connectivity index (χ0v) is 7.86. The topological polar surface area (TPSA) is 95.9 Å². The van der Waals surface area contributed by atoms with Crippen LogP contribution in [0.2, 0.25) is 0 Å². The van der Waals surface area contributed by atoms with E-state index in [1.54, 1.807) is 0 Å². The van der Waals surface area contributed by atoms with Crippen LogP contribution in [0.25, 0.3) is 0 Å². The van der Waals surface area contributed by atoms with Crippen molar-refractivity contribution in [1.29, 1.82) is 0 Å². The summed E-state index contributed by atoms with van der Waals surface area (Å²) in [5.74, 6) is -1.19. The highest BCUT2D eigenvalue weighted by molar-refractivity contribution is 5.76. The van der Waals surface area contributed by atoms with Crippen LogP contribution in [0.15, 0.2) is 0 Å². The number of carbonyl (C=O) groups excluding carboxylic acids is 1. The first kappa shape index (κ1) is 12.9. The van der Waals surface area contributed by atoms with Crippen molar-refractivity contribution in [2.24, 2.45) is 0 Å². The lowest BCUT2D eigenvalue weighted by molar-refractivity contribution is -0.136. The summed E-state index contributed by atoms with van der Waals surface area (Å²) in [5.41, 5.74) is 0. The van der Waals surface area contributed by atoms with Crippen LogP contribution in [-0.2, 0) is 14.3 Å². The van der Waals surface area contributed by atoms with E-state index in [4.69, 9.17) is 14.9 Å². The largest absolute Gasteiger partial charge is 0.481 e. The smallest absolute Gasteiger partial charge is 0.305 e. The molecule has 6 heteroatoms. The number of carboxylic acids is 1. The van der Waals surface area contributed by atoms with Crippen LogP contribution in [0.3, 0.4) is 0 Å². The van der Waals surface area contributed by atoms with Crippen molar-refractivity contribution in [3.8, 4) is 0 Å². The molecule has 0 spiro atoms. The summed E-state index contributed by atoms with van der Waals surface area (Å²) in [5, 5.41) is 19.0. The van der Waals surface area contributed by atoms with Gasteiger partial charge in [0, 0.05) is 13.0 Å². The van der Waals surface area contributed by atoms with Crippen molar-refractivity contribution < 1.29 is 24.5 Å². The number of hydrogen-bond donors (Lipinski definition) is 3. The molecule has 0 aliphatic rings. The maximum atomic E-state index is 10.9. The predicted molar refractivity (Wildman–Crippen MR) is 47.8 cm³/mol. The molecule has 0 rings (SSSR count). The number of hydrogen-bond acceptors (Lipinski definition) is 4. The summed E-state index contributed by atoms with van der Waals surface area (Å²) in [4.78, 5) is 21.0. The Labute approximate surface area is 81.9 Å². The Balaban J connectivity index is 3.24. The highest BCUT2D eigenvalue weighted by atomic mass is 16.5. The van der Waals surface area contributed by atoms with Gasteiger partial charge in [-0.3, -0.25) is 9.59 Å². The van der Waals surface area contributed by atoms with E-state index in [2.05, 4.69) is 5.32 Å². The fourth-order valence-corrected chi connectivity index (χ4v) is 0.729. The second-order valence-corrected chi connectivity index (χ2v) is 2.58. The summed E-state index contributed by atoms with van der Waals surface area (Å²) >= 11 is 0. The van der Waals surface area contributed by atoms with E-state index in [0.717, 1.165) is 0 Å². The van der Waals surface area contributed by atoms with Crippen LogP contribution >= 0.6 is 0 Å². The second kappa shape index (κ2) is 8.46. The number of aliphatic carboxylic acids is 1. The Kier molecular flexibility index (Phi) is 7.77. The van der Waals surface area contributed by atoms with E-state index in [1.165, 1.54) is 0 Å². The van der Waals surface area contributed by atoms with E-state index in [1.807, 2.05) is 0 Å². The molecule has 82 valence electrons. The van der Waals surface area contributed by atoms with Gasteiger partial charge in [-0.2, -0.15) is 0 Å². The molecule has 0 fully saturated rings.